The number of nitrogens with zero attached hydrogens (tertiary/aromatic N) is 3. The van der Waals surface area contributed by atoms with Crippen molar-refractivity contribution in [2.75, 3.05) is 25.6 Å². The molecule has 69 heavy (non-hydrogen) atoms. The highest BCUT2D eigenvalue weighted by Gasteiger charge is 2.44. The lowest BCUT2D eigenvalue weighted by molar-refractivity contribution is -0.144. The van der Waals surface area contributed by atoms with Crippen LogP contribution >= 0.6 is 11.3 Å². The molecule has 1 fully saturated rings. The molecule has 6 aromatic rings. The lowest BCUT2D eigenvalue weighted by Gasteiger charge is -2.35. The first-order valence-electron chi connectivity index (χ1n) is 23.6. The van der Waals surface area contributed by atoms with Crippen LogP contribution in [0.25, 0.3) is 44.1 Å². The molecule has 4 aromatic carbocycles. The van der Waals surface area contributed by atoms with Crippen molar-refractivity contribution in [3.8, 4) is 55.6 Å². The third-order valence-electron chi connectivity index (χ3n) is 12.8. The molecular formula is C55H60N6O7S. The number of anilines is 1. The number of aliphatic hydroxyl groups excluding tert-OH is 1. The molecule has 13 nitrogen and oxygen atoms in total. The third-order valence-corrected chi connectivity index (χ3v) is 13.8. The minimum atomic E-state index is -0.912. The average Bonchev–Trinajstić information content (AvgIpc) is 3.92. The molecule has 4 N–H and O–H groups in total. The highest BCUT2D eigenvalue weighted by Crippen LogP contribution is 2.42. The lowest BCUT2D eigenvalue weighted by atomic mass is 9.85. The maximum atomic E-state index is 14.2. The lowest BCUT2D eigenvalue weighted by Crippen LogP contribution is -2.57. The number of rotatable bonds is 16. The zero-order valence-corrected chi connectivity index (χ0v) is 40.8. The first-order valence-corrected chi connectivity index (χ1v) is 24.4. The molecule has 14 heteroatoms. The van der Waals surface area contributed by atoms with Crippen LogP contribution in [0.3, 0.4) is 0 Å². The molecule has 0 radical (unpaired) electrons. The number of fused-ring (bicyclic) bond motifs is 3. The van der Waals surface area contributed by atoms with Gasteiger partial charge in [0.2, 0.25) is 23.6 Å². The van der Waals surface area contributed by atoms with E-state index in [0.717, 1.165) is 66.6 Å². The van der Waals surface area contributed by atoms with Crippen LogP contribution in [0, 0.1) is 12.3 Å². The quantitative estimate of drug-likeness (QED) is 0.0690. The van der Waals surface area contributed by atoms with Gasteiger partial charge in [0.25, 0.3) is 0 Å². The van der Waals surface area contributed by atoms with E-state index < -0.39 is 29.5 Å². The number of unbranched alkanes of at least 4 members (excludes halogenated alkanes) is 2. The highest BCUT2D eigenvalue weighted by molar-refractivity contribution is 7.13. The van der Waals surface area contributed by atoms with E-state index in [1.54, 1.807) is 18.4 Å². The first-order chi connectivity index (χ1) is 33.2. The maximum Gasteiger partial charge on any atom is 0.246 e. The van der Waals surface area contributed by atoms with Gasteiger partial charge < -0.3 is 35.4 Å². The number of likely N-dealkylation sites (tertiary alicyclic amines) is 1. The van der Waals surface area contributed by atoms with E-state index in [1.165, 1.54) is 4.90 Å². The highest BCUT2D eigenvalue weighted by atomic mass is 32.1. The normalized spacial score (nSPS) is 16.3. The van der Waals surface area contributed by atoms with Crippen LogP contribution in [-0.4, -0.2) is 82.1 Å². The summed E-state index contributed by atoms with van der Waals surface area (Å²) in [7, 11) is 1.60. The molecule has 0 spiro atoms. The van der Waals surface area contributed by atoms with Gasteiger partial charge in [-0.3, -0.25) is 19.2 Å². The standard InChI is InChI=1S/C55H60N6O7S/c1-33(35-20-22-37(23-21-35)51-34(2)56-32-69-51)57-53(65)45-28-39(62)31-61(45)54(66)52(55(3,4)5)60-48(63)19-11-8-14-26-68-46-25-24-38(27-47(46)67-6)41-29-44(36-15-9-7-10-16-36)59-50-40-17-12-13-18-43(40)58-49(64)30-42(41)50/h7,9-10,12-13,15-18,20-25,27,29,32-33,39,45,52,62H,8,11,14,19,26,28,30-31H2,1-6H3,(H,57,65)(H,58,64)(H,60,63)/t33-,39+,45-,52+/m0/s1. The monoisotopic (exact) mass is 948 g/mol. The minimum absolute atomic E-state index is 0.00119. The number of aromatic nitrogens is 2. The van der Waals surface area contributed by atoms with Crippen molar-refractivity contribution < 1.29 is 33.8 Å². The summed E-state index contributed by atoms with van der Waals surface area (Å²) in [6.07, 6.45) is 1.53. The maximum absolute atomic E-state index is 14.2. The molecule has 0 unspecified atom stereocenters. The molecule has 2 aromatic heterocycles. The number of amides is 4. The Bertz CT molecular complexity index is 2820. The number of hydrogen-bond acceptors (Lipinski definition) is 10. The molecule has 4 amide bonds. The summed E-state index contributed by atoms with van der Waals surface area (Å²) in [5, 5.41) is 19.8. The Balaban J connectivity index is 0.860. The summed E-state index contributed by atoms with van der Waals surface area (Å²) in [6, 6.07) is 31.3. The van der Waals surface area contributed by atoms with Crippen LogP contribution in [0.4, 0.5) is 5.69 Å². The van der Waals surface area contributed by atoms with Crippen molar-refractivity contribution in [3.05, 3.63) is 125 Å². The van der Waals surface area contributed by atoms with Crippen LogP contribution in [-0.2, 0) is 25.6 Å². The number of ether oxygens (including phenoxy) is 2. The number of thiazole rings is 1. The summed E-state index contributed by atoms with van der Waals surface area (Å²) in [5.41, 5.74) is 10.7. The number of benzene rings is 4. The van der Waals surface area contributed by atoms with E-state index in [4.69, 9.17) is 14.5 Å². The second-order valence-corrected chi connectivity index (χ2v) is 19.8. The largest absolute Gasteiger partial charge is 0.493 e. The van der Waals surface area contributed by atoms with Gasteiger partial charge >= 0.3 is 0 Å². The van der Waals surface area contributed by atoms with Gasteiger partial charge in [0.15, 0.2) is 11.5 Å². The molecule has 1 saturated heterocycles. The van der Waals surface area contributed by atoms with Crippen molar-refractivity contribution in [1.82, 2.24) is 25.5 Å². The molecule has 0 bridgehead atoms. The second kappa shape index (κ2) is 21.2. The van der Waals surface area contributed by atoms with Gasteiger partial charge in [0.05, 0.1) is 65.4 Å². The average molecular weight is 949 g/mol. The number of carbonyl (C=O) groups excluding carboxylic acids is 4. The minimum Gasteiger partial charge on any atom is -0.493 e. The molecule has 0 aliphatic carbocycles. The summed E-state index contributed by atoms with van der Waals surface area (Å²) in [5.74, 6) is -0.0208. The number of aryl methyl sites for hydroxylation is 1. The topological polar surface area (TPSA) is 172 Å². The number of nitrogens with one attached hydrogen (secondary N) is 3. The van der Waals surface area contributed by atoms with E-state index in [2.05, 4.69) is 20.9 Å². The van der Waals surface area contributed by atoms with Gasteiger partial charge in [-0.15, -0.1) is 11.3 Å². The Morgan fingerprint density at radius 2 is 1.62 bits per heavy atom. The van der Waals surface area contributed by atoms with Crippen LogP contribution in [0.5, 0.6) is 11.5 Å². The smallest absolute Gasteiger partial charge is 0.246 e. The zero-order valence-electron chi connectivity index (χ0n) is 40.0. The van der Waals surface area contributed by atoms with Gasteiger partial charge in [0.1, 0.15) is 12.1 Å². The Hall–Kier alpha value is -6.90. The third kappa shape index (κ3) is 11.2. The molecule has 358 valence electrons. The van der Waals surface area contributed by atoms with E-state index >= 15 is 0 Å². The van der Waals surface area contributed by atoms with E-state index in [1.807, 2.05) is 143 Å². The van der Waals surface area contributed by atoms with Crippen molar-refractivity contribution >= 4 is 40.7 Å². The Kier molecular flexibility index (Phi) is 14.9. The summed E-state index contributed by atoms with van der Waals surface area (Å²) < 4.78 is 12.1. The van der Waals surface area contributed by atoms with Crippen molar-refractivity contribution in [2.24, 2.45) is 5.41 Å². The van der Waals surface area contributed by atoms with Crippen LogP contribution in [0.15, 0.2) is 109 Å². The molecular weight excluding hydrogens is 889 g/mol. The number of hydrogen-bond donors (Lipinski definition) is 4. The molecule has 8 rings (SSSR count). The fraction of sp³-hybridized carbons (Fsp3) is 0.345. The number of carbonyl (C=O) groups is 4. The second-order valence-electron chi connectivity index (χ2n) is 18.9. The molecule has 0 saturated carbocycles. The Morgan fingerprint density at radius 1 is 0.884 bits per heavy atom. The first kappa shape index (κ1) is 48.6. The number of aliphatic hydroxyl groups is 1. The molecule has 4 heterocycles. The number of methoxy groups -OCH3 is 1. The predicted octanol–water partition coefficient (Wildman–Crippen LogP) is 9.33. The van der Waals surface area contributed by atoms with Gasteiger partial charge in [-0.05, 0) is 90.6 Å². The van der Waals surface area contributed by atoms with E-state index in [0.29, 0.717) is 37.4 Å². The fourth-order valence-electron chi connectivity index (χ4n) is 9.09. The van der Waals surface area contributed by atoms with Gasteiger partial charge in [-0.2, -0.15) is 0 Å². The van der Waals surface area contributed by atoms with Crippen molar-refractivity contribution in [1.29, 1.82) is 0 Å². The van der Waals surface area contributed by atoms with Crippen LogP contribution in [0.1, 0.15) is 82.7 Å². The SMILES string of the molecule is COc1cc(-c2cc(-c3ccccc3)nc3c2CC(=O)Nc2ccccc2-3)ccc1OCCCCCC(=O)N[C@H](C(=O)N1C[C@H](O)C[C@H]1C(=O)N[C@@H](C)c1ccc(-c2scnc2C)cc1)C(C)(C)C. The van der Waals surface area contributed by atoms with Gasteiger partial charge in [-0.1, -0.05) is 99.6 Å². The number of β-amino-alcohol motifs (C(OH)–C–C–N with tert-alkyl or cyclic N) is 1. The van der Waals surface area contributed by atoms with Crippen LogP contribution < -0.4 is 25.4 Å². The van der Waals surface area contributed by atoms with E-state index in [9.17, 15) is 24.3 Å². The predicted molar refractivity (Wildman–Crippen MR) is 270 cm³/mol. The summed E-state index contributed by atoms with van der Waals surface area (Å²) in [4.78, 5) is 66.5. The summed E-state index contributed by atoms with van der Waals surface area (Å²) in [6.45, 7) is 9.88. The van der Waals surface area contributed by atoms with E-state index in [-0.39, 0.29) is 49.6 Å². The number of para-hydroxylation sites is 1. The van der Waals surface area contributed by atoms with Crippen molar-refractivity contribution in [3.63, 3.8) is 0 Å². The number of pyridine rings is 1. The Morgan fingerprint density at radius 3 is 2.35 bits per heavy atom. The van der Waals surface area contributed by atoms with Crippen LogP contribution in [0.2, 0.25) is 0 Å². The van der Waals surface area contributed by atoms with Crippen molar-refractivity contribution in [2.45, 2.75) is 97.4 Å². The zero-order chi connectivity index (χ0) is 48.8. The fourth-order valence-corrected chi connectivity index (χ4v) is 9.90. The van der Waals surface area contributed by atoms with Gasteiger partial charge in [0, 0.05) is 30.5 Å². The summed E-state index contributed by atoms with van der Waals surface area (Å²) >= 11 is 1.58. The van der Waals surface area contributed by atoms with Gasteiger partial charge in [-0.25, -0.2) is 9.97 Å². The molecule has 2 aliphatic rings. The Labute approximate surface area is 407 Å². The molecule has 2 aliphatic heterocycles. The molecule has 4 atom stereocenters.